The second-order valence-electron chi connectivity index (χ2n) is 3.85. The van der Waals surface area contributed by atoms with E-state index in [-0.39, 0.29) is 17.7 Å². The average Bonchev–Trinajstić information content (AvgIpc) is 2.73. The van der Waals surface area contributed by atoms with Crippen LogP contribution in [0.25, 0.3) is 0 Å². The maximum atomic E-state index is 12.5. The molecule has 92 valence electrons. The molecule has 0 radical (unpaired) electrons. The fourth-order valence-corrected chi connectivity index (χ4v) is 1.69. The summed E-state index contributed by atoms with van der Waals surface area (Å²) >= 11 is 0. The van der Waals surface area contributed by atoms with Gasteiger partial charge in [0.15, 0.2) is 0 Å². The van der Waals surface area contributed by atoms with Gasteiger partial charge in [-0.05, 0) is 11.6 Å². The molecule has 1 N–H and O–H groups in total. The minimum atomic E-state index is -4.46. The molecule has 0 saturated heterocycles. The normalized spacial score (nSPS) is 11.2. The van der Waals surface area contributed by atoms with Crippen molar-refractivity contribution in [3.63, 3.8) is 0 Å². The van der Waals surface area contributed by atoms with E-state index in [0.717, 1.165) is 11.6 Å². The highest BCUT2D eigenvalue weighted by molar-refractivity contribution is 5.40. The van der Waals surface area contributed by atoms with Gasteiger partial charge in [0, 0.05) is 12.1 Å². The Morgan fingerprint density at radius 3 is 2.39 bits per heavy atom. The first-order valence-electron chi connectivity index (χ1n) is 5.24. The van der Waals surface area contributed by atoms with Crippen molar-refractivity contribution in [1.29, 1.82) is 5.26 Å². The van der Waals surface area contributed by atoms with Gasteiger partial charge in [-0.1, -0.05) is 30.3 Å². The third-order valence-electron chi connectivity index (χ3n) is 2.55. The molecule has 18 heavy (non-hydrogen) atoms. The van der Waals surface area contributed by atoms with Crippen molar-refractivity contribution < 1.29 is 13.2 Å². The van der Waals surface area contributed by atoms with Crippen molar-refractivity contribution in [2.45, 2.75) is 12.6 Å². The number of rotatable bonds is 2. The number of halogens is 3. The maximum absolute atomic E-state index is 12.5. The van der Waals surface area contributed by atoms with Crippen LogP contribution in [0.3, 0.4) is 0 Å². The lowest BCUT2D eigenvalue weighted by molar-refractivity contribution is -0.140. The second kappa shape index (κ2) is 4.57. The molecule has 0 amide bonds. The summed E-state index contributed by atoms with van der Waals surface area (Å²) < 4.78 is 37.5. The molecule has 0 aliphatic carbocycles. The third kappa shape index (κ3) is 2.54. The molecular weight excluding hydrogens is 241 g/mol. The number of aromatic nitrogens is 1. The van der Waals surface area contributed by atoms with Crippen molar-refractivity contribution >= 4 is 0 Å². The molecule has 0 aliphatic heterocycles. The van der Waals surface area contributed by atoms with E-state index in [0.29, 0.717) is 0 Å². The number of nitriles is 1. The van der Waals surface area contributed by atoms with Crippen LogP contribution in [-0.2, 0) is 12.6 Å². The molecule has 1 heterocycles. The lowest BCUT2D eigenvalue weighted by Gasteiger charge is -2.03. The van der Waals surface area contributed by atoms with E-state index < -0.39 is 11.9 Å². The quantitative estimate of drug-likeness (QED) is 0.870. The molecule has 0 bridgehead atoms. The molecule has 1 aromatic carbocycles. The molecule has 0 spiro atoms. The van der Waals surface area contributed by atoms with Gasteiger partial charge in [0.1, 0.15) is 11.8 Å². The first-order valence-corrected chi connectivity index (χ1v) is 5.24. The van der Waals surface area contributed by atoms with Gasteiger partial charge >= 0.3 is 6.18 Å². The number of nitrogens with zero attached hydrogens (tertiary/aromatic N) is 1. The number of alkyl halides is 3. The number of hydrogen-bond acceptors (Lipinski definition) is 1. The van der Waals surface area contributed by atoms with Crippen molar-refractivity contribution in [2.24, 2.45) is 0 Å². The Morgan fingerprint density at radius 2 is 1.83 bits per heavy atom. The van der Waals surface area contributed by atoms with Crippen LogP contribution in [0.15, 0.2) is 36.4 Å². The summed E-state index contributed by atoms with van der Waals surface area (Å²) in [7, 11) is 0. The third-order valence-corrected chi connectivity index (χ3v) is 2.55. The summed E-state index contributed by atoms with van der Waals surface area (Å²) in [6, 6.07) is 11.6. The van der Waals surface area contributed by atoms with E-state index in [9.17, 15) is 13.2 Å². The van der Waals surface area contributed by atoms with Crippen molar-refractivity contribution in [3.8, 4) is 6.07 Å². The second-order valence-corrected chi connectivity index (χ2v) is 3.85. The molecule has 0 saturated carbocycles. The number of aromatic amines is 1. The van der Waals surface area contributed by atoms with Crippen LogP contribution in [0.1, 0.15) is 22.5 Å². The van der Waals surface area contributed by atoms with E-state index in [4.69, 9.17) is 5.26 Å². The van der Waals surface area contributed by atoms with Gasteiger partial charge in [-0.25, -0.2) is 0 Å². The first kappa shape index (κ1) is 12.2. The van der Waals surface area contributed by atoms with E-state index >= 15 is 0 Å². The highest BCUT2D eigenvalue weighted by Gasteiger charge is 2.33. The maximum Gasteiger partial charge on any atom is 0.431 e. The molecule has 2 rings (SSSR count). The predicted octanol–water partition coefficient (Wildman–Crippen LogP) is 3.50. The summed E-state index contributed by atoms with van der Waals surface area (Å²) in [6.45, 7) is 0. The molecule has 5 heteroatoms. The van der Waals surface area contributed by atoms with Crippen LogP contribution < -0.4 is 0 Å². The molecule has 2 aromatic rings. The summed E-state index contributed by atoms with van der Waals surface area (Å²) in [5, 5.41) is 8.84. The van der Waals surface area contributed by atoms with E-state index in [2.05, 4.69) is 4.98 Å². The van der Waals surface area contributed by atoms with Crippen LogP contribution in [0, 0.1) is 11.3 Å². The van der Waals surface area contributed by atoms with Gasteiger partial charge in [-0.3, -0.25) is 0 Å². The number of nitrogens with one attached hydrogen (secondary N) is 1. The molecular formula is C13H9F3N2. The Bertz CT molecular complexity index is 577. The van der Waals surface area contributed by atoms with E-state index in [1.165, 1.54) is 0 Å². The average molecular weight is 250 g/mol. The van der Waals surface area contributed by atoms with Gasteiger partial charge in [-0.15, -0.1) is 0 Å². The molecule has 0 atom stereocenters. The summed E-state index contributed by atoms with van der Waals surface area (Å²) in [5.74, 6) is 0. The van der Waals surface area contributed by atoms with Gasteiger partial charge in [-0.2, -0.15) is 18.4 Å². The van der Waals surface area contributed by atoms with Crippen LogP contribution in [0.4, 0.5) is 13.2 Å². The van der Waals surface area contributed by atoms with Crippen LogP contribution in [-0.4, -0.2) is 4.98 Å². The summed E-state index contributed by atoms with van der Waals surface area (Å²) in [4.78, 5) is 2.27. The Labute approximate surface area is 102 Å². The van der Waals surface area contributed by atoms with Gasteiger partial charge < -0.3 is 4.98 Å². The lowest BCUT2D eigenvalue weighted by atomic mass is 10.1. The van der Waals surface area contributed by atoms with E-state index in [1.807, 2.05) is 6.07 Å². The van der Waals surface area contributed by atoms with Crippen molar-refractivity contribution in [1.82, 2.24) is 4.98 Å². The first-order chi connectivity index (χ1) is 8.50. The monoisotopic (exact) mass is 250 g/mol. The largest absolute Gasteiger partial charge is 0.431 e. The van der Waals surface area contributed by atoms with Crippen LogP contribution in [0.5, 0.6) is 0 Å². The standard InChI is InChI=1S/C13H9F3N2/c14-13(15,16)12-7-10(8-17)11(18-12)6-9-4-2-1-3-5-9/h1-5,7,18H,6H2. The SMILES string of the molecule is N#Cc1cc(C(F)(F)F)[nH]c1Cc1ccccc1. The van der Waals surface area contributed by atoms with E-state index in [1.54, 1.807) is 30.3 Å². The Hall–Kier alpha value is -2.22. The van der Waals surface area contributed by atoms with Gasteiger partial charge in [0.25, 0.3) is 0 Å². The zero-order chi connectivity index (χ0) is 13.2. The van der Waals surface area contributed by atoms with Crippen molar-refractivity contribution in [2.75, 3.05) is 0 Å². The number of benzene rings is 1. The number of hydrogen-bond donors (Lipinski definition) is 1. The lowest BCUT2D eigenvalue weighted by Crippen LogP contribution is -2.05. The molecule has 1 aromatic heterocycles. The summed E-state index contributed by atoms with van der Waals surface area (Å²) in [5.41, 5.74) is 0.289. The Balaban J connectivity index is 2.34. The zero-order valence-corrected chi connectivity index (χ0v) is 9.25. The molecule has 0 fully saturated rings. The molecule has 2 nitrogen and oxygen atoms in total. The fraction of sp³-hybridized carbons (Fsp3) is 0.154. The highest BCUT2D eigenvalue weighted by Crippen LogP contribution is 2.30. The fourth-order valence-electron chi connectivity index (χ4n) is 1.69. The van der Waals surface area contributed by atoms with Crippen molar-refractivity contribution in [3.05, 3.63) is 58.9 Å². The highest BCUT2D eigenvalue weighted by atomic mass is 19.4. The zero-order valence-electron chi connectivity index (χ0n) is 9.25. The minimum Gasteiger partial charge on any atom is -0.353 e. The minimum absolute atomic E-state index is 0.0335. The van der Waals surface area contributed by atoms with Gasteiger partial charge in [0.2, 0.25) is 0 Å². The Kier molecular flexibility index (Phi) is 3.11. The number of H-pyrrole nitrogens is 1. The molecule has 0 aliphatic rings. The topological polar surface area (TPSA) is 39.6 Å². The van der Waals surface area contributed by atoms with Crippen LogP contribution in [0.2, 0.25) is 0 Å². The molecule has 0 unspecified atom stereocenters. The summed E-state index contributed by atoms with van der Waals surface area (Å²) in [6.07, 6.45) is -4.18. The predicted molar refractivity (Wildman–Crippen MR) is 59.8 cm³/mol. The Morgan fingerprint density at radius 1 is 1.17 bits per heavy atom. The van der Waals surface area contributed by atoms with Crippen LogP contribution >= 0.6 is 0 Å². The van der Waals surface area contributed by atoms with Gasteiger partial charge in [0.05, 0.1) is 5.56 Å². The smallest absolute Gasteiger partial charge is 0.353 e.